The fraction of sp³-hybridized carbons (Fsp3) is 0.273. The molecule has 0 saturated heterocycles. The van der Waals surface area contributed by atoms with Gasteiger partial charge in [-0.2, -0.15) is 0 Å². The highest BCUT2D eigenvalue weighted by Gasteiger charge is 2.26. The van der Waals surface area contributed by atoms with Crippen LogP contribution < -0.4 is 0 Å². The third-order valence-corrected chi connectivity index (χ3v) is 7.41. The SMILES string of the molecule is CC(c1ccc(O)cc1)c1ccc(O)cc1.Oc1ccc(C(c2ccc(O)cc2)C2CCCCC2)cc1. The summed E-state index contributed by atoms with van der Waals surface area (Å²) in [6.07, 6.45) is 6.46. The van der Waals surface area contributed by atoms with Crippen molar-refractivity contribution in [2.45, 2.75) is 50.9 Å². The molecule has 5 rings (SSSR count). The van der Waals surface area contributed by atoms with E-state index in [4.69, 9.17) is 0 Å². The Kier molecular flexibility index (Phi) is 8.73. The first-order chi connectivity index (χ1) is 17.9. The molecule has 1 fully saturated rings. The normalized spacial score (nSPS) is 13.8. The fourth-order valence-electron chi connectivity index (χ4n) is 5.29. The molecule has 4 aromatic carbocycles. The first-order valence-electron chi connectivity index (χ1n) is 13.1. The number of benzene rings is 4. The van der Waals surface area contributed by atoms with Gasteiger partial charge < -0.3 is 20.4 Å². The van der Waals surface area contributed by atoms with E-state index < -0.39 is 0 Å². The van der Waals surface area contributed by atoms with Gasteiger partial charge >= 0.3 is 0 Å². The number of rotatable bonds is 5. The quantitative estimate of drug-likeness (QED) is 0.225. The number of phenols is 4. The Hall–Kier alpha value is -3.92. The van der Waals surface area contributed by atoms with Crippen LogP contribution in [0.2, 0.25) is 0 Å². The van der Waals surface area contributed by atoms with Gasteiger partial charge in [-0.1, -0.05) is 74.7 Å². The molecule has 0 bridgehead atoms. The predicted molar refractivity (Wildman–Crippen MR) is 148 cm³/mol. The van der Waals surface area contributed by atoms with Gasteiger partial charge in [0, 0.05) is 11.8 Å². The number of hydrogen-bond donors (Lipinski definition) is 4. The third-order valence-electron chi connectivity index (χ3n) is 7.41. The average Bonchev–Trinajstić information content (AvgIpc) is 2.92. The molecule has 1 saturated carbocycles. The van der Waals surface area contributed by atoms with Crippen LogP contribution >= 0.6 is 0 Å². The first-order valence-corrected chi connectivity index (χ1v) is 13.1. The summed E-state index contributed by atoms with van der Waals surface area (Å²) in [4.78, 5) is 0. The molecule has 1 aliphatic carbocycles. The lowest BCUT2D eigenvalue weighted by molar-refractivity contribution is 0.327. The van der Waals surface area contributed by atoms with Crippen LogP contribution in [-0.2, 0) is 0 Å². The van der Waals surface area contributed by atoms with Gasteiger partial charge in [-0.3, -0.25) is 0 Å². The molecule has 0 aliphatic heterocycles. The largest absolute Gasteiger partial charge is 0.508 e. The van der Waals surface area contributed by atoms with Crippen molar-refractivity contribution in [2.75, 3.05) is 0 Å². The van der Waals surface area contributed by atoms with Gasteiger partial charge in [0.15, 0.2) is 0 Å². The maximum atomic E-state index is 9.52. The van der Waals surface area contributed by atoms with E-state index in [2.05, 4.69) is 6.92 Å². The van der Waals surface area contributed by atoms with Gasteiger partial charge in [-0.25, -0.2) is 0 Å². The fourth-order valence-corrected chi connectivity index (χ4v) is 5.29. The Morgan fingerprint density at radius 2 is 0.757 bits per heavy atom. The molecule has 1 aliphatic rings. The Labute approximate surface area is 219 Å². The summed E-state index contributed by atoms with van der Waals surface area (Å²) in [5, 5.41) is 37.5. The zero-order chi connectivity index (χ0) is 26.2. The number of aromatic hydroxyl groups is 4. The van der Waals surface area contributed by atoms with Crippen molar-refractivity contribution >= 4 is 0 Å². The molecule has 192 valence electrons. The molecule has 0 amide bonds. The highest BCUT2D eigenvalue weighted by molar-refractivity contribution is 5.39. The van der Waals surface area contributed by atoms with Crippen molar-refractivity contribution < 1.29 is 20.4 Å². The van der Waals surface area contributed by atoms with Gasteiger partial charge in [0.1, 0.15) is 23.0 Å². The second-order valence-corrected chi connectivity index (χ2v) is 9.96. The minimum Gasteiger partial charge on any atom is -0.508 e. The molecule has 0 atom stereocenters. The standard InChI is InChI=1S/C19H22O2.C14H14O2/c20-17-10-6-15(7-11-17)19(14-4-2-1-3-5-14)16-8-12-18(21)13-9-16;1-10(11-2-6-13(15)7-3-11)12-4-8-14(16)9-5-12/h6-14,19-21H,1-5H2;2-10,15-16H,1H3. The Bertz CT molecular complexity index is 1130. The van der Waals surface area contributed by atoms with Crippen LogP contribution in [0.5, 0.6) is 23.0 Å². The highest BCUT2D eigenvalue weighted by Crippen LogP contribution is 2.41. The molecular formula is C33H36O4. The van der Waals surface area contributed by atoms with Crippen molar-refractivity contribution in [1.29, 1.82) is 0 Å². The lowest BCUT2D eigenvalue weighted by Crippen LogP contribution is -2.17. The zero-order valence-electron chi connectivity index (χ0n) is 21.3. The Morgan fingerprint density at radius 1 is 0.459 bits per heavy atom. The van der Waals surface area contributed by atoms with E-state index in [1.807, 2.05) is 48.5 Å². The molecule has 0 spiro atoms. The maximum Gasteiger partial charge on any atom is 0.115 e. The van der Waals surface area contributed by atoms with E-state index in [0.717, 1.165) is 11.1 Å². The van der Waals surface area contributed by atoms with Gasteiger partial charge in [0.25, 0.3) is 0 Å². The minimum absolute atomic E-state index is 0.251. The molecule has 0 heterocycles. The minimum atomic E-state index is 0.251. The van der Waals surface area contributed by atoms with Crippen molar-refractivity contribution in [3.63, 3.8) is 0 Å². The molecule has 4 aromatic rings. The van der Waals surface area contributed by atoms with E-state index in [1.54, 1.807) is 48.5 Å². The first kappa shape index (κ1) is 26.2. The molecule has 0 radical (unpaired) electrons. The second kappa shape index (κ2) is 12.4. The van der Waals surface area contributed by atoms with Crippen LogP contribution in [0.15, 0.2) is 97.1 Å². The van der Waals surface area contributed by atoms with Gasteiger partial charge in [-0.15, -0.1) is 0 Å². The number of hydrogen-bond acceptors (Lipinski definition) is 4. The smallest absolute Gasteiger partial charge is 0.115 e. The highest BCUT2D eigenvalue weighted by atomic mass is 16.3. The number of phenolic OH excluding ortho intramolecular Hbond substituents is 4. The van der Waals surface area contributed by atoms with Gasteiger partial charge in [0.2, 0.25) is 0 Å². The summed E-state index contributed by atoms with van der Waals surface area (Å²) in [5.74, 6) is 2.43. The summed E-state index contributed by atoms with van der Waals surface area (Å²) in [5.41, 5.74) is 4.79. The zero-order valence-corrected chi connectivity index (χ0v) is 21.3. The van der Waals surface area contributed by atoms with E-state index in [1.165, 1.54) is 43.2 Å². The average molecular weight is 497 g/mol. The molecule has 37 heavy (non-hydrogen) atoms. The second-order valence-electron chi connectivity index (χ2n) is 9.96. The lowest BCUT2D eigenvalue weighted by atomic mass is 9.73. The van der Waals surface area contributed by atoms with Gasteiger partial charge in [-0.05, 0) is 89.5 Å². The van der Waals surface area contributed by atoms with E-state index in [0.29, 0.717) is 23.3 Å². The van der Waals surface area contributed by atoms with Crippen LogP contribution in [0, 0.1) is 5.92 Å². The molecular weight excluding hydrogens is 460 g/mol. The monoisotopic (exact) mass is 496 g/mol. The summed E-state index contributed by atoms with van der Waals surface area (Å²) in [6.45, 7) is 2.10. The van der Waals surface area contributed by atoms with E-state index in [9.17, 15) is 20.4 Å². The third kappa shape index (κ3) is 7.07. The Balaban J connectivity index is 0.000000180. The summed E-state index contributed by atoms with van der Waals surface area (Å²) >= 11 is 0. The molecule has 0 aromatic heterocycles. The van der Waals surface area contributed by atoms with E-state index >= 15 is 0 Å². The molecule has 4 N–H and O–H groups in total. The predicted octanol–water partition coefficient (Wildman–Crippen LogP) is 8.06. The van der Waals surface area contributed by atoms with Crippen LogP contribution in [-0.4, -0.2) is 20.4 Å². The van der Waals surface area contributed by atoms with Crippen molar-refractivity contribution in [1.82, 2.24) is 0 Å². The topological polar surface area (TPSA) is 80.9 Å². The van der Waals surface area contributed by atoms with Crippen LogP contribution in [0.4, 0.5) is 0 Å². The van der Waals surface area contributed by atoms with Crippen LogP contribution in [0.25, 0.3) is 0 Å². The molecule has 0 unspecified atom stereocenters. The molecule has 4 nitrogen and oxygen atoms in total. The molecule has 4 heteroatoms. The maximum absolute atomic E-state index is 9.52. The van der Waals surface area contributed by atoms with Crippen LogP contribution in [0.3, 0.4) is 0 Å². The van der Waals surface area contributed by atoms with Crippen LogP contribution in [0.1, 0.15) is 73.1 Å². The Morgan fingerprint density at radius 3 is 1.08 bits per heavy atom. The van der Waals surface area contributed by atoms with Crippen molar-refractivity contribution in [3.8, 4) is 23.0 Å². The summed E-state index contributed by atoms with van der Waals surface area (Å²) in [6, 6.07) is 29.6. The summed E-state index contributed by atoms with van der Waals surface area (Å²) in [7, 11) is 0. The van der Waals surface area contributed by atoms with Crippen molar-refractivity contribution in [2.24, 2.45) is 5.92 Å². The lowest BCUT2D eigenvalue weighted by Gasteiger charge is -2.31. The van der Waals surface area contributed by atoms with E-state index in [-0.39, 0.29) is 17.4 Å². The van der Waals surface area contributed by atoms with Gasteiger partial charge in [0.05, 0.1) is 0 Å². The summed E-state index contributed by atoms with van der Waals surface area (Å²) < 4.78 is 0. The van der Waals surface area contributed by atoms with Crippen molar-refractivity contribution in [3.05, 3.63) is 119 Å².